The van der Waals surface area contributed by atoms with E-state index in [9.17, 15) is 0 Å². The molecule has 0 aromatic heterocycles. The molecule has 0 aromatic rings. The van der Waals surface area contributed by atoms with Crippen LogP contribution in [0.5, 0.6) is 0 Å². The van der Waals surface area contributed by atoms with E-state index in [-0.39, 0.29) is 6.10 Å². The molecule has 0 radical (unpaired) electrons. The van der Waals surface area contributed by atoms with Crippen molar-refractivity contribution in [1.82, 2.24) is 0 Å². The molecule has 2 N–H and O–H groups in total. The Morgan fingerprint density at radius 1 is 1.62 bits per heavy atom. The zero-order chi connectivity index (χ0) is 5.82. The van der Waals surface area contributed by atoms with Gasteiger partial charge in [-0.05, 0) is 6.42 Å². The van der Waals surface area contributed by atoms with Gasteiger partial charge >= 0.3 is 0 Å². The standard InChI is InChI=1S/C5H11NO2/c6-3-5-1-2-7-4-8-5/h5H,1-4,6H2/t5-/m0/s1. The van der Waals surface area contributed by atoms with Gasteiger partial charge in [0.15, 0.2) is 0 Å². The fourth-order valence-corrected chi connectivity index (χ4v) is 0.687. The molecule has 0 aliphatic carbocycles. The van der Waals surface area contributed by atoms with Crippen LogP contribution < -0.4 is 5.73 Å². The third-order valence-electron chi connectivity index (χ3n) is 1.23. The van der Waals surface area contributed by atoms with Crippen LogP contribution in [0.1, 0.15) is 6.42 Å². The smallest absolute Gasteiger partial charge is 0.147 e. The molecule has 0 aromatic carbocycles. The Bertz CT molecular complexity index is 61.4. The van der Waals surface area contributed by atoms with Gasteiger partial charge in [0.05, 0.1) is 12.7 Å². The molecule has 1 saturated heterocycles. The minimum absolute atomic E-state index is 0.240. The maximum atomic E-state index is 5.32. The average Bonchev–Trinajstić information content (AvgIpc) is 1.90. The summed E-state index contributed by atoms with van der Waals surface area (Å²) in [6, 6.07) is 0. The fraction of sp³-hybridized carbons (Fsp3) is 1.00. The van der Waals surface area contributed by atoms with Gasteiger partial charge in [-0.2, -0.15) is 0 Å². The third kappa shape index (κ3) is 1.43. The van der Waals surface area contributed by atoms with Crippen LogP contribution in [0.3, 0.4) is 0 Å². The normalized spacial score (nSPS) is 30.4. The summed E-state index contributed by atoms with van der Waals surface area (Å²) >= 11 is 0. The lowest BCUT2D eigenvalue weighted by atomic mass is 10.2. The van der Waals surface area contributed by atoms with Crippen molar-refractivity contribution in [2.45, 2.75) is 12.5 Å². The number of hydrogen-bond acceptors (Lipinski definition) is 3. The zero-order valence-corrected chi connectivity index (χ0v) is 4.80. The molecule has 0 spiro atoms. The van der Waals surface area contributed by atoms with Crippen molar-refractivity contribution < 1.29 is 9.47 Å². The van der Waals surface area contributed by atoms with E-state index in [2.05, 4.69) is 0 Å². The summed E-state index contributed by atoms with van der Waals surface area (Å²) in [7, 11) is 0. The van der Waals surface area contributed by atoms with Crippen molar-refractivity contribution >= 4 is 0 Å². The van der Waals surface area contributed by atoms with Gasteiger partial charge in [-0.25, -0.2) is 0 Å². The minimum Gasteiger partial charge on any atom is -0.355 e. The Labute approximate surface area is 48.8 Å². The van der Waals surface area contributed by atoms with Crippen LogP contribution >= 0.6 is 0 Å². The lowest BCUT2D eigenvalue weighted by molar-refractivity contribution is -0.135. The number of nitrogens with two attached hydrogens (primary N) is 1. The van der Waals surface area contributed by atoms with Crippen LogP contribution in [-0.4, -0.2) is 26.0 Å². The van der Waals surface area contributed by atoms with Crippen LogP contribution in [0, 0.1) is 0 Å². The molecule has 0 bridgehead atoms. The molecule has 1 heterocycles. The maximum Gasteiger partial charge on any atom is 0.147 e. The molecule has 3 heteroatoms. The highest BCUT2D eigenvalue weighted by molar-refractivity contribution is 4.58. The Balaban J connectivity index is 2.13. The topological polar surface area (TPSA) is 44.5 Å². The van der Waals surface area contributed by atoms with Crippen molar-refractivity contribution in [3.63, 3.8) is 0 Å². The van der Waals surface area contributed by atoms with Gasteiger partial charge < -0.3 is 15.2 Å². The lowest BCUT2D eigenvalue weighted by Crippen LogP contribution is -2.30. The van der Waals surface area contributed by atoms with E-state index in [1.165, 1.54) is 0 Å². The first-order chi connectivity index (χ1) is 3.93. The highest BCUT2D eigenvalue weighted by Gasteiger charge is 2.10. The van der Waals surface area contributed by atoms with Gasteiger partial charge in [-0.3, -0.25) is 0 Å². The molecular weight excluding hydrogens is 106 g/mol. The first kappa shape index (κ1) is 6.01. The maximum absolute atomic E-state index is 5.32. The molecule has 1 fully saturated rings. The monoisotopic (exact) mass is 117 g/mol. The van der Waals surface area contributed by atoms with E-state index in [1.807, 2.05) is 0 Å². The predicted molar refractivity (Wildman–Crippen MR) is 29.4 cm³/mol. The molecule has 1 aliphatic rings. The van der Waals surface area contributed by atoms with Crippen LogP contribution in [0.15, 0.2) is 0 Å². The molecule has 1 aliphatic heterocycles. The molecular formula is C5H11NO2. The lowest BCUT2D eigenvalue weighted by Gasteiger charge is -2.20. The average molecular weight is 117 g/mol. The summed E-state index contributed by atoms with van der Waals surface area (Å²) in [4.78, 5) is 0. The van der Waals surface area contributed by atoms with Crippen molar-refractivity contribution in [3.05, 3.63) is 0 Å². The largest absolute Gasteiger partial charge is 0.355 e. The van der Waals surface area contributed by atoms with Crippen molar-refractivity contribution in [3.8, 4) is 0 Å². The summed E-state index contributed by atoms with van der Waals surface area (Å²) in [6.45, 7) is 1.83. The summed E-state index contributed by atoms with van der Waals surface area (Å²) in [6.07, 6.45) is 1.18. The first-order valence-electron chi connectivity index (χ1n) is 2.83. The zero-order valence-electron chi connectivity index (χ0n) is 4.80. The summed E-state index contributed by atoms with van der Waals surface area (Å²) in [5.41, 5.74) is 5.32. The van der Waals surface area contributed by atoms with E-state index < -0.39 is 0 Å². The number of ether oxygens (including phenoxy) is 2. The van der Waals surface area contributed by atoms with Gasteiger partial charge in [0.1, 0.15) is 6.79 Å². The number of rotatable bonds is 1. The van der Waals surface area contributed by atoms with Crippen LogP contribution in [0.2, 0.25) is 0 Å². The van der Waals surface area contributed by atoms with Crippen molar-refractivity contribution in [1.29, 1.82) is 0 Å². The SMILES string of the molecule is NC[C@@H]1CCOCO1. The Morgan fingerprint density at radius 3 is 2.88 bits per heavy atom. The summed E-state index contributed by atoms with van der Waals surface area (Å²) in [5, 5.41) is 0. The van der Waals surface area contributed by atoms with Crippen molar-refractivity contribution in [2.75, 3.05) is 19.9 Å². The van der Waals surface area contributed by atoms with Crippen LogP contribution in [0.25, 0.3) is 0 Å². The summed E-state index contributed by atoms with van der Waals surface area (Å²) in [5.74, 6) is 0. The predicted octanol–water partition coefficient (Wildman–Crippen LogP) is -0.292. The summed E-state index contributed by atoms with van der Waals surface area (Å²) < 4.78 is 10.0. The van der Waals surface area contributed by atoms with Gasteiger partial charge in [-0.1, -0.05) is 0 Å². The highest BCUT2D eigenvalue weighted by Crippen LogP contribution is 2.02. The van der Waals surface area contributed by atoms with Crippen molar-refractivity contribution in [2.24, 2.45) is 5.73 Å². The van der Waals surface area contributed by atoms with E-state index in [0.717, 1.165) is 13.0 Å². The second-order valence-electron chi connectivity index (χ2n) is 1.84. The Hall–Kier alpha value is -0.120. The minimum atomic E-state index is 0.240. The van der Waals surface area contributed by atoms with E-state index in [4.69, 9.17) is 15.2 Å². The molecule has 1 rings (SSSR count). The molecule has 48 valence electrons. The fourth-order valence-electron chi connectivity index (χ4n) is 0.687. The second kappa shape index (κ2) is 3.02. The van der Waals surface area contributed by atoms with E-state index >= 15 is 0 Å². The molecule has 0 amide bonds. The van der Waals surface area contributed by atoms with Gasteiger partial charge in [0.2, 0.25) is 0 Å². The third-order valence-corrected chi connectivity index (χ3v) is 1.23. The molecule has 1 atom stereocenters. The highest BCUT2D eigenvalue weighted by atomic mass is 16.7. The molecule has 0 saturated carbocycles. The Morgan fingerprint density at radius 2 is 2.50 bits per heavy atom. The quantitative estimate of drug-likeness (QED) is 0.513. The van der Waals surface area contributed by atoms with Crippen LogP contribution in [-0.2, 0) is 9.47 Å². The molecule has 0 unspecified atom stereocenters. The van der Waals surface area contributed by atoms with E-state index in [0.29, 0.717) is 13.3 Å². The Kier molecular flexibility index (Phi) is 2.27. The van der Waals surface area contributed by atoms with Gasteiger partial charge in [0, 0.05) is 6.54 Å². The number of hydrogen-bond donors (Lipinski definition) is 1. The van der Waals surface area contributed by atoms with Gasteiger partial charge in [-0.15, -0.1) is 0 Å². The first-order valence-corrected chi connectivity index (χ1v) is 2.83. The van der Waals surface area contributed by atoms with Gasteiger partial charge in [0.25, 0.3) is 0 Å². The van der Waals surface area contributed by atoms with E-state index in [1.54, 1.807) is 0 Å². The second-order valence-corrected chi connectivity index (χ2v) is 1.84. The van der Waals surface area contributed by atoms with Crippen LogP contribution in [0.4, 0.5) is 0 Å². The molecule has 3 nitrogen and oxygen atoms in total. The molecule has 8 heavy (non-hydrogen) atoms.